The number of nitrogens with zero attached hydrogens (tertiary/aromatic N) is 3. The molecule has 1 heterocycles. The Kier molecular flexibility index (Phi) is 6.73. The van der Waals surface area contributed by atoms with Gasteiger partial charge in [0.25, 0.3) is 0 Å². The number of rotatable bonds is 8. The molecule has 6 nitrogen and oxygen atoms in total. The van der Waals surface area contributed by atoms with Crippen LogP contribution in [-0.2, 0) is 9.59 Å². The van der Waals surface area contributed by atoms with Gasteiger partial charge in [-0.15, -0.1) is 0 Å². The van der Waals surface area contributed by atoms with Gasteiger partial charge >= 0.3 is 0 Å². The fourth-order valence-electron chi connectivity index (χ4n) is 4.60. The second kappa shape index (κ2) is 9.05. The first-order chi connectivity index (χ1) is 13.4. The fraction of sp³-hybridized carbons (Fsp3) is 0.636. The lowest BCUT2D eigenvalue weighted by atomic mass is 9.74. The lowest BCUT2D eigenvalue weighted by Gasteiger charge is -2.56. The van der Waals surface area contributed by atoms with Gasteiger partial charge in [-0.1, -0.05) is 36.8 Å². The van der Waals surface area contributed by atoms with E-state index < -0.39 is 0 Å². The number of hydrogen-bond acceptors (Lipinski definition) is 4. The number of aliphatic hydroxyl groups excluding tert-OH is 1. The number of hydrogen-bond donors (Lipinski definition) is 1. The first kappa shape index (κ1) is 20.8. The lowest BCUT2D eigenvalue weighted by molar-refractivity contribution is -0.153. The summed E-state index contributed by atoms with van der Waals surface area (Å²) in [5, 5.41) is 9.93. The molecule has 1 aliphatic heterocycles. The summed E-state index contributed by atoms with van der Waals surface area (Å²) in [4.78, 5) is 30.8. The third-order valence-electron chi connectivity index (χ3n) is 6.19. The maximum Gasteiger partial charge on any atom is 0.236 e. The molecule has 1 N–H and O–H groups in total. The number of likely N-dealkylation sites (tertiary alicyclic amines) is 1. The maximum atomic E-state index is 12.9. The number of carbonyl (C=O) groups is 2. The fourth-order valence-corrected chi connectivity index (χ4v) is 4.60. The van der Waals surface area contributed by atoms with Gasteiger partial charge in [-0.3, -0.25) is 9.59 Å². The van der Waals surface area contributed by atoms with Crippen molar-refractivity contribution in [2.45, 2.75) is 44.2 Å². The maximum absolute atomic E-state index is 12.9. The van der Waals surface area contributed by atoms with Gasteiger partial charge in [0.1, 0.15) is 0 Å². The number of amides is 2. The van der Waals surface area contributed by atoms with Crippen LogP contribution in [0.3, 0.4) is 0 Å². The number of carbonyl (C=O) groups excluding carboxylic acids is 2. The molecule has 0 radical (unpaired) electrons. The Morgan fingerprint density at radius 3 is 2.29 bits per heavy atom. The molecular weight excluding hydrogens is 354 g/mol. The predicted molar refractivity (Wildman–Crippen MR) is 109 cm³/mol. The van der Waals surface area contributed by atoms with E-state index in [9.17, 15) is 14.7 Å². The minimum Gasteiger partial charge on any atom is -0.394 e. The van der Waals surface area contributed by atoms with Crippen LogP contribution in [0.25, 0.3) is 0 Å². The first-order valence-electron chi connectivity index (χ1n) is 10.3. The van der Waals surface area contributed by atoms with E-state index >= 15 is 0 Å². The zero-order chi connectivity index (χ0) is 20.3. The molecule has 2 aliphatic rings. The molecule has 1 saturated heterocycles. The van der Waals surface area contributed by atoms with Crippen LogP contribution in [0.2, 0.25) is 0 Å². The van der Waals surface area contributed by atoms with Crippen LogP contribution in [-0.4, -0.2) is 84.0 Å². The molecule has 154 valence electrons. The molecule has 1 aromatic carbocycles. The molecule has 28 heavy (non-hydrogen) atoms. The number of aliphatic hydroxyl groups is 1. The van der Waals surface area contributed by atoms with Crippen LogP contribution in [0, 0.1) is 5.92 Å². The van der Waals surface area contributed by atoms with Crippen molar-refractivity contribution in [1.82, 2.24) is 14.7 Å². The van der Waals surface area contributed by atoms with Crippen molar-refractivity contribution < 1.29 is 14.7 Å². The molecule has 1 aromatic rings. The summed E-state index contributed by atoms with van der Waals surface area (Å²) in [7, 11) is 3.80. The zero-order valence-corrected chi connectivity index (χ0v) is 17.3. The summed E-state index contributed by atoms with van der Waals surface area (Å²) in [6.45, 7) is 3.15. The molecule has 0 spiro atoms. The van der Waals surface area contributed by atoms with E-state index in [2.05, 4.69) is 12.1 Å². The van der Waals surface area contributed by atoms with Gasteiger partial charge in [-0.25, -0.2) is 0 Å². The average molecular weight is 388 g/mol. The van der Waals surface area contributed by atoms with Gasteiger partial charge in [0, 0.05) is 25.9 Å². The molecule has 0 aromatic heterocycles. The van der Waals surface area contributed by atoms with E-state index in [1.165, 1.54) is 19.3 Å². The summed E-state index contributed by atoms with van der Waals surface area (Å²) in [5.41, 5.74) is 1.12. The van der Waals surface area contributed by atoms with Gasteiger partial charge in [-0.2, -0.15) is 0 Å². The third-order valence-corrected chi connectivity index (χ3v) is 6.19. The standard InChI is InChI=1S/C22H33N3O3/c1-16(27)25-19(22(20(25)15-26)18-10-5-4-6-11-18)13-24(12-17-8-7-9-17)21(28)14-23(2)3/h4-6,10-11,17,19-20,22,26H,7-9,12-15H2,1-3H3/t19-,20+,22-/m0/s1. The second-order valence-electron chi connectivity index (χ2n) is 8.51. The van der Waals surface area contributed by atoms with E-state index in [4.69, 9.17) is 0 Å². The minimum atomic E-state index is -0.223. The quantitative estimate of drug-likeness (QED) is 0.735. The van der Waals surface area contributed by atoms with Gasteiger partial charge in [0.15, 0.2) is 0 Å². The second-order valence-corrected chi connectivity index (χ2v) is 8.51. The van der Waals surface area contributed by atoms with Crippen molar-refractivity contribution in [1.29, 1.82) is 0 Å². The molecule has 2 fully saturated rings. The van der Waals surface area contributed by atoms with Crippen LogP contribution >= 0.6 is 0 Å². The highest BCUT2D eigenvalue weighted by atomic mass is 16.3. The number of likely N-dealkylation sites (N-methyl/N-ethyl adjacent to an activating group) is 1. The van der Waals surface area contributed by atoms with E-state index in [0.29, 0.717) is 19.0 Å². The molecular formula is C22H33N3O3. The van der Waals surface area contributed by atoms with Gasteiger partial charge < -0.3 is 19.8 Å². The summed E-state index contributed by atoms with van der Waals surface area (Å²) >= 11 is 0. The van der Waals surface area contributed by atoms with Crippen molar-refractivity contribution in [2.24, 2.45) is 5.92 Å². The summed E-state index contributed by atoms with van der Waals surface area (Å²) < 4.78 is 0. The van der Waals surface area contributed by atoms with Crippen LogP contribution in [0.1, 0.15) is 37.7 Å². The highest BCUT2D eigenvalue weighted by Gasteiger charge is 2.51. The van der Waals surface area contributed by atoms with Crippen molar-refractivity contribution >= 4 is 11.8 Å². The molecule has 0 bridgehead atoms. The van der Waals surface area contributed by atoms with Gasteiger partial charge in [-0.05, 0) is 38.4 Å². The average Bonchev–Trinajstić information content (AvgIpc) is 2.58. The molecule has 2 amide bonds. The van der Waals surface area contributed by atoms with E-state index in [1.807, 2.05) is 42.1 Å². The smallest absolute Gasteiger partial charge is 0.236 e. The molecule has 1 aliphatic carbocycles. The van der Waals surface area contributed by atoms with Crippen molar-refractivity contribution in [2.75, 3.05) is 40.3 Å². The SMILES string of the molecule is CC(=O)N1[C@H](CO)[C@@H](c2ccccc2)[C@@H]1CN(CC1CCC1)C(=O)CN(C)C. The third kappa shape index (κ3) is 4.39. The first-order valence-corrected chi connectivity index (χ1v) is 10.3. The van der Waals surface area contributed by atoms with E-state index in [-0.39, 0.29) is 36.4 Å². The molecule has 3 rings (SSSR count). The lowest BCUT2D eigenvalue weighted by Crippen LogP contribution is -2.68. The largest absolute Gasteiger partial charge is 0.394 e. The predicted octanol–water partition coefficient (Wildman–Crippen LogP) is 1.55. The summed E-state index contributed by atoms with van der Waals surface area (Å²) in [6.07, 6.45) is 3.59. The van der Waals surface area contributed by atoms with E-state index in [0.717, 1.165) is 12.1 Å². The van der Waals surface area contributed by atoms with Crippen molar-refractivity contribution in [3.05, 3.63) is 35.9 Å². The topological polar surface area (TPSA) is 64.1 Å². The molecule has 3 atom stereocenters. The molecule has 1 saturated carbocycles. The monoisotopic (exact) mass is 387 g/mol. The van der Waals surface area contributed by atoms with Crippen LogP contribution in [0.5, 0.6) is 0 Å². The summed E-state index contributed by atoms with van der Waals surface area (Å²) in [5.74, 6) is 0.687. The van der Waals surface area contributed by atoms with Crippen LogP contribution in [0.4, 0.5) is 0 Å². The van der Waals surface area contributed by atoms with Crippen molar-refractivity contribution in [3.63, 3.8) is 0 Å². The Bertz CT molecular complexity index is 675. The highest BCUT2D eigenvalue weighted by Crippen LogP contribution is 2.41. The van der Waals surface area contributed by atoms with Gasteiger partial charge in [0.05, 0.1) is 25.2 Å². The van der Waals surface area contributed by atoms with Gasteiger partial charge in [0.2, 0.25) is 11.8 Å². The Morgan fingerprint density at radius 1 is 1.11 bits per heavy atom. The van der Waals surface area contributed by atoms with E-state index in [1.54, 1.807) is 11.8 Å². The van der Waals surface area contributed by atoms with Crippen LogP contribution < -0.4 is 0 Å². The Morgan fingerprint density at radius 2 is 1.79 bits per heavy atom. The van der Waals surface area contributed by atoms with Crippen molar-refractivity contribution in [3.8, 4) is 0 Å². The normalized spacial score (nSPS) is 24.6. The molecule has 6 heteroatoms. The zero-order valence-electron chi connectivity index (χ0n) is 17.3. The van der Waals surface area contributed by atoms with Crippen LogP contribution in [0.15, 0.2) is 30.3 Å². The Hall–Kier alpha value is -1.92. The minimum absolute atomic E-state index is 0.0418. The Labute approximate surface area is 168 Å². The summed E-state index contributed by atoms with van der Waals surface area (Å²) in [6, 6.07) is 9.73. The highest BCUT2D eigenvalue weighted by molar-refractivity contribution is 5.79. The Balaban J connectivity index is 1.82. The molecule has 0 unspecified atom stereocenters. The number of benzene rings is 1.